The molecule has 3 atom stereocenters. The second-order valence-corrected chi connectivity index (χ2v) is 15.4. The lowest BCUT2D eigenvalue weighted by molar-refractivity contribution is 0.0879. The Labute approximate surface area is 239 Å². The van der Waals surface area contributed by atoms with Crippen molar-refractivity contribution < 1.29 is 9.30 Å². The molecule has 0 radical (unpaired) electrons. The first kappa shape index (κ1) is 33.4. The number of hydrogen-bond acceptors (Lipinski definition) is 8. The fraction of sp³-hybridized carbons (Fsp3) is 0.821. The van der Waals surface area contributed by atoms with Gasteiger partial charge in [0.25, 0.3) is 0 Å². The molecule has 0 fully saturated rings. The van der Waals surface area contributed by atoms with Crippen LogP contribution >= 0.6 is 29.4 Å². The molecule has 38 heavy (non-hydrogen) atoms. The van der Waals surface area contributed by atoms with E-state index >= 15 is 0 Å². The molecule has 0 aliphatic rings. The molecular formula is C28H52N5O2PS2. The number of aromatic nitrogens is 4. The van der Waals surface area contributed by atoms with Crippen LogP contribution in [-0.2, 0) is 15.8 Å². The van der Waals surface area contributed by atoms with Gasteiger partial charge in [-0.2, -0.15) is 0 Å². The van der Waals surface area contributed by atoms with E-state index in [0.29, 0.717) is 29.9 Å². The number of imidazole rings is 1. The van der Waals surface area contributed by atoms with Gasteiger partial charge in [0.2, 0.25) is 0 Å². The van der Waals surface area contributed by atoms with E-state index in [1.165, 1.54) is 96.2 Å². The minimum Gasteiger partial charge on any atom is -0.382 e. The maximum atomic E-state index is 12.9. The van der Waals surface area contributed by atoms with Crippen LogP contribution in [0.5, 0.6) is 0 Å². The Kier molecular flexibility index (Phi) is 18.5. The molecule has 2 aromatic heterocycles. The lowest BCUT2D eigenvalue weighted by Crippen LogP contribution is -2.17. The molecule has 218 valence electrons. The summed E-state index contributed by atoms with van der Waals surface area (Å²) >= 11 is 0. The Morgan fingerprint density at radius 1 is 0.921 bits per heavy atom. The molecule has 3 unspecified atom stereocenters. The van der Waals surface area contributed by atoms with Crippen molar-refractivity contribution in [2.75, 3.05) is 17.8 Å². The molecule has 7 nitrogen and oxygen atoms in total. The highest BCUT2D eigenvalue weighted by Crippen LogP contribution is 2.44. The van der Waals surface area contributed by atoms with E-state index in [0.717, 1.165) is 12.2 Å². The van der Waals surface area contributed by atoms with Gasteiger partial charge in [0.05, 0.1) is 30.3 Å². The van der Waals surface area contributed by atoms with Crippen molar-refractivity contribution in [3.05, 3.63) is 12.7 Å². The van der Waals surface area contributed by atoms with Gasteiger partial charge in [-0.25, -0.2) is 15.0 Å². The van der Waals surface area contributed by atoms with E-state index in [2.05, 4.69) is 28.8 Å². The van der Waals surface area contributed by atoms with Crippen molar-refractivity contribution in [2.24, 2.45) is 0 Å². The molecule has 0 saturated heterocycles. The van der Waals surface area contributed by atoms with E-state index in [4.69, 9.17) is 10.5 Å². The summed E-state index contributed by atoms with van der Waals surface area (Å²) < 4.78 is 20.8. The van der Waals surface area contributed by atoms with E-state index in [1.54, 1.807) is 17.1 Å². The molecule has 2 rings (SSSR count). The Morgan fingerprint density at radius 3 is 2.13 bits per heavy atom. The molecule has 0 amide bonds. The zero-order chi connectivity index (χ0) is 27.4. The minimum absolute atomic E-state index is 0.0942. The molecule has 0 aliphatic heterocycles. The Bertz CT molecular complexity index is 901. The number of anilines is 1. The summed E-state index contributed by atoms with van der Waals surface area (Å²) in [5.41, 5.74) is 7.17. The van der Waals surface area contributed by atoms with Crippen molar-refractivity contribution >= 4 is 46.4 Å². The smallest absolute Gasteiger partial charge is 0.165 e. The summed E-state index contributed by atoms with van der Waals surface area (Å²) in [5.74, 6) is 1.52. The number of rotatable bonds is 24. The van der Waals surface area contributed by atoms with Crippen LogP contribution in [-0.4, -0.2) is 42.7 Å². The maximum absolute atomic E-state index is 12.9. The monoisotopic (exact) mass is 585 g/mol. The largest absolute Gasteiger partial charge is 0.382 e. The standard InChI is InChI=1S/C28H52N5O2PS2/c1-4-6-7-8-9-10-11-12-13-14-15-16-17-18-19-37-38-25(5-2)36(34)23-35-24(3)20-33-22-32-26-27(29)30-21-31-28(26)33/h21-22,24-25,36H,4-20,23H2,1-3H3,(H2,29,30,31). The lowest BCUT2D eigenvalue weighted by atomic mass is 10.0. The summed E-state index contributed by atoms with van der Waals surface area (Å²) in [6, 6.07) is 0. The van der Waals surface area contributed by atoms with Crippen LogP contribution in [0.25, 0.3) is 11.2 Å². The molecule has 2 N–H and O–H groups in total. The molecule has 0 spiro atoms. The average Bonchev–Trinajstić information content (AvgIpc) is 3.33. The number of unbranched alkanes of at least 4 members (excludes halogenated alkanes) is 13. The van der Waals surface area contributed by atoms with Crippen LogP contribution in [0.3, 0.4) is 0 Å². The minimum atomic E-state index is -1.82. The highest BCUT2D eigenvalue weighted by Gasteiger charge is 2.18. The third-order valence-electron chi connectivity index (χ3n) is 6.89. The van der Waals surface area contributed by atoms with Crippen molar-refractivity contribution in [3.8, 4) is 0 Å². The highest BCUT2D eigenvalue weighted by molar-refractivity contribution is 8.77. The first-order valence-corrected chi connectivity index (χ1v) is 19.0. The van der Waals surface area contributed by atoms with Crippen LogP contribution in [0, 0.1) is 0 Å². The van der Waals surface area contributed by atoms with Crippen LogP contribution in [0.1, 0.15) is 117 Å². The predicted molar refractivity (Wildman–Crippen MR) is 169 cm³/mol. The fourth-order valence-electron chi connectivity index (χ4n) is 4.51. The third-order valence-corrected chi connectivity index (χ3v) is 12.9. The van der Waals surface area contributed by atoms with E-state index < -0.39 is 7.80 Å². The van der Waals surface area contributed by atoms with Crippen molar-refractivity contribution in [1.29, 1.82) is 0 Å². The normalized spacial score (nSPS) is 14.2. The predicted octanol–water partition coefficient (Wildman–Crippen LogP) is 8.93. The molecule has 0 aliphatic carbocycles. The molecule has 2 aromatic rings. The Hall–Kier alpha value is -0.760. The Balaban J connectivity index is 1.46. The highest BCUT2D eigenvalue weighted by atomic mass is 33.1. The maximum Gasteiger partial charge on any atom is 0.165 e. The number of nitrogens with zero attached hydrogens (tertiary/aromatic N) is 4. The van der Waals surface area contributed by atoms with Gasteiger partial charge in [0, 0.05) is 5.75 Å². The average molecular weight is 586 g/mol. The Morgan fingerprint density at radius 2 is 1.53 bits per heavy atom. The summed E-state index contributed by atoms with van der Waals surface area (Å²) in [5, 5.41) is 0. The van der Waals surface area contributed by atoms with Crippen LogP contribution in [0.4, 0.5) is 5.82 Å². The zero-order valence-corrected chi connectivity index (χ0v) is 26.7. The lowest BCUT2D eigenvalue weighted by Gasteiger charge is -2.17. The van der Waals surface area contributed by atoms with Gasteiger partial charge in [0.1, 0.15) is 19.6 Å². The topological polar surface area (TPSA) is 95.9 Å². The van der Waals surface area contributed by atoms with Gasteiger partial charge in [-0.05, 0) is 19.8 Å². The second-order valence-electron chi connectivity index (χ2n) is 10.3. The van der Waals surface area contributed by atoms with Crippen molar-refractivity contribution in [2.45, 2.75) is 135 Å². The van der Waals surface area contributed by atoms with Gasteiger partial charge >= 0.3 is 0 Å². The van der Waals surface area contributed by atoms with Crippen LogP contribution in [0.15, 0.2) is 12.7 Å². The molecule has 0 saturated carbocycles. The van der Waals surface area contributed by atoms with Crippen molar-refractivity contribution in [3.63, 3.8) is 0 Å². The molecule has 0 bridgehead atoms. The van der Waals surface area contributed by atoms with E-state index in [1.807, 2.05) is 22.3 Å². The van der Waals surface area contributed by atoms with Crippen LogP contribution in [0.2, 0.25) is 0 Å². The molecule has 10 heteroatoms. The SMILES string of the molecule is CCCCCCCCCCCCCCCCSSC(CC)[PH](=O)COC(C)Cn1cnc2c(N)ncnc21. The quantitative estimate of drug-likeness (QED) is 0.0741. The number of hydrogen-bond donors (Lipinski definition) is 1. The van der Waals surface area contributed by atoms with Gasteiger partial charge in [-0.3, -0.25) is 0 Å². The van der Waals surface area contributed by atoms with E-state index in [-0.39, 0.29) is 11.1 Å². The number of ether oxygens (including phenoxy) is 1. The summed E-state index contributed by atoms with van der Waals surface area (Å²) in [6.45, 7) is 6.98. The first-order valence-electron chi connectivity index (χ1n) is 14.9. The third kappa shape index (κ3) is 13.5. The summed E-state index contributed by atoms with van der Waals surface area (Å²) in [4.78, 5) is 12.7. The second kappa shape index (κ2) is 21.0. The van der Waals surface area contributed by atoms with E-state index in [9.17, 15) is 4.57 Å². The molecular weight excluding hydrogens is 533 g/mol. The van der Waals surface area contributed by atoms with Gasteiger partial charge in [-0.15, -0.1) is 0 Å². The zero-order valence-electron chi connectivity index (χ0n) is 24.0. The van der Waals surface area contributed by atoms with Crippen molar-refractivity contribution in [1.82, 2.24) is 19.5 Å². The number of nitrogen functional groups attached to an aromatic ring is 1. The number of fused-ring (bicyclic) bond motifs is 1. The molecule has 2 heterocycles. The number of nitrogens with two attached hydrogens (primary N) is 1. The molecule has 0 aromatic carbocycles. The van der Waals surface area contributed by atoms with Crippen LogP contribution < -0.4 is 5.73 Å². The summed E-state index contributed by atoms with van der Waals surface area (Å²) in [6.07, 6.45) is 23.7. The first-order chi connectivity index (χ1) is 18.6. The fourth-order valence-corrected chi connectivity index (χ4v) is 10.1. The van der Waals surface area contributed by atoms with Gasteiger partial charge < -0.3 is 19.6 Å². The summed E-state index contributed by atoms with van der Waals surface area (Å²) in [7, 11) is 1.87. The van der Waals surface area contributed by atoms with Gasteiger partial charge in [0.15, 0.2) is 11.5 Å². The van der Waals surface area contributed by atoms with Gasteiger partial charge in [-0.1, -0.05) is 119 Å².